The van der Waals surface area contributed by atoms with E-state index in [2.05, 4.69) is 27.8 Å². The summed E-state index contributed by atoms with van der Waals surface area (Å²) in [4.78, 5) is 4.54. The second-order valence-electron chi connectivity index (χ2n) is 4.93. The standard InChI is InChI=1S/C18H20BrNO2/c1-4-9-22-18-15(19)10-14(11-17(18)21-3)12-20-16-8-6-5-7-13(16)2/h5-8,10-12H,4,9H2,1-3H3. The minimum atomic E-state index is 0.658. The Morgan fingerprint density at radius 1 is 1.23 bits per heavy atom. The average molecular weight is 362 g/mol. The first kappa shape index (κ1) is 16.6. The minimum absolute atomic E-state index is 0.658. The zero-order valence-electron chi connectivity index (χ0n) is 13.1. The largest absolute Gasteiger partial charge is 0.493 e. The second-order valence-corrected chi connectivity index (χ2v) is 5.78. The molecular weight excluding hydrogens is 342 g/mol. The van der Waals surface area contributed by atoms with Gasteiger partial charge in [0.1, 0.15) is 0 Å². The molecule has 2 aromatic rings. The number of ether oxygens (including phenoxy) is 2. The lowest BCUT2D eigenvalue weighted by Crippen LogP contribution is -1.99. The van der Waals surface area contributed by atoms with Gasteiger partial charge in [-0.15, -0.1) is 0 Å². The van der Waals surface area contributed by atoms with Gasteiger partial charge in [0.15, 0.2) is 11.5 Å². The molecule has 0 saturated carbocycles. The van der Waals surface area contributed by atoms with Crippen molar-refractivity contribution in [2.75, 3.05) is 13.7 Å². The van der Waals surface area contributed by atoms with E-state index in [1.54, 1.807) is 7.11 Å². The van der Waals surface area contributed by atoms with E-state index < -0.39 is 0 Å². The van der Waals surface area contributed by atoms with Crippen molar-refractivity contribution in [3.05, 3.63) is 52.0 Å². The first-order valence-corrected chi connectivity index (χ1v) is 8.05. The number of rotatable bonds is 6. The summed E-state index contributed by atoms with van der Waals surface area (Å²) in [5, 5.41) is 0. The van der Waals surface area contributed by atoms with Gasteiger partial charge < -0.3 is 9.47 Å². The van der Waals surface area contributed by atoms with Crippen molar-refractivity contribution in [3.63, 3.8) is 0 Å². The molecule has 0 amide bonds. The number of methoxy groups -OCH3 is 1. The molecular formula is C18H20BrNO2. The van der Waals surface area contributed by atoms with Crippen LogP contribution in [0.3, 0.4) is 0 Å². The highest BCUT2D eigenvalue weighted by molar-refractivity contribution is 9.10. The predicted molar refractivity (Wildman–Crippen MR) is 94.9 cm³/mol. The molecule has 2 rings (SSSR count). The molecule has 0 aliphatic carbocycles. The molecule has 116 valence electrons. The maximum absolute atomic E-state index is 5.73. The van der Waals surface area contributed by atoms with Crippen LogP contribution in [0.2, 0.25) is 0 Å². The van der Waals surface area contributed by atoms with Gasteiger partial charge in [0.05, 0.1) is 23.9 Å². The lowest BCUT2D eigenvalue weighted by molar-refractivity contribution is 0.292. The normalized spacial score (nSPS) is 10.9. The Bertz CT molecular complexity index is 668. The van der Waals surface area contributed by atoms with Crippen LogP contribution in [0.25, 0.3) is 0 Å². The number of aliphatic imine (C=N–C) groups is 1. The highest BCUT2D eigenvalue weighted by atomic mass is 79.9. The van der Waals surface area contributed by atoms with Gasteiger partial charge in [-0.2, -0.15) is 0 Å². The zero-order valence-corrected chi connectivity index (χ0v) is 14.7. The monoisotopic (exact) mass is 361 g/mol. The van der Waals surface area contributed by atoms with E-state index in [1.165, 1.54) is 0 Å². The molecule has 0 spiro atoms. The van der Waals surface area contributed by atoms with Gasteiger partial charge in [-0.1, -0.05) is 25.1 Å². The summed E-state index contributed by atoms with van der Waals surface area (Å²) in [6.07, 6.45) is 2.78. The lowest BCUT2D eigenvalue weighted by atomic mass is 10.2. The molecule has 0 radical (unpaired) electrons. The first-order chi connectivity index (χ1) is 10.7. The molecule has 0 atom stereocenters. The number of benzene rings is 2. The predicted octanol–water partition coefficient (Wildman–Crippen LogP) is 5.31. The van der Waals surface area contributed by atoms with E-state index in [9.17, 15) is 0 Å². The van der Waals surface area contributed by atoms with Crippen molar-refractivity contribution in [1.82, 2.24) is 0 Å². The van der Waals surface area contributed by atoms with Crippen LogP contribution in [0.15, 0.2) is 45.9 Å². The highest BCUT2D eigenvalue weighted by Gasteiger charge is 2.10. The summed E-state index contributed by atoms with van der Waals surface area (Å²) < 4.78 is 12.0. The molecule has 0 N–H and O–H groups in total. The number of para-hydroxylation sites is 1. The van der Waals surface area contributed by atoms with E-state index in [-0.39, 0.29) is 0 Å². The third-order valence-corrected chi connectivity index (χ3v) is 3.76. The Labute approximate surface area is 140 Å². The molecule has 0 unspecified atom stereocenters. The third kappa shape index (κ3) is 4.10. The van der Waals surface area contributed by atoms with E-state index in [4.69, 9.17) is 9.47 Å². The number of nitrogens with zero attached hydrogens (tertiary/aromatic N) is 1. The maximum Gasteiger partial charge on any atom is 0.175 e. The molecule has 0 aliphatic rings. The molecule has 0 aromatic heterocycles. The Kier molecular flexibility index (Phi) is 6.01. The van der Waals surface area contributed by atoms with E-state index in [0.717, 1.165) is 33.5 Å². The average Bonchev–Trinajstić information content (AvgIpc) is 2.52. The van der Waals surface area contributed by atoms with Gasteiger partial charge in [0, 0.05) is 6.21 Å². The van der Waals surface area contributed by atoms with Crippen LogP contribution in [0, 0.1) is 6.92 Å². The summed E-state index contributed by atoms with van der Waals surface area (Å²) in [7, 11) is 1.64. The lowest BCUT2D eigenvalue weighted by Gasteiger charge is -2.12. The summed E-state index contributed by atoms with van der Waals surface area (Å²) in [6, 6.07) is 11.9. The summed E-state index contributed by atoms with van der Waals surface area (Å²) >= 11 is 3.54. The maximum atomic E-state index is 5.73. The van der Waals surface area contributed by atoms with Crippen LogP contribution in [0.4, 0.5) is 5.69 Å². The van der Waals surface area contributed by atoms with Gasteiger partial charge in [-0.05, 0) is 58.6 Å². The van der Waals surface area contributed by atoms with E-state index in [0.29, 0.717) is 12.4 Å². The molecule has 0 fully saturated rings. The molecule has 2 aromatic carbocycles. The van der Waals surface area contributed by atoms with Crippen molar-refractivity contribution < 1.29 is 9.47 Å². The molecule has 4 heteroatoms. The van der Waals surface area contributed by atoms with Crippen LogP contribution in [-0.2, 0) is 0 Å². The Morgan fingerprint density at radius 3 is 2.68 bits per heavy atom. The Hall–Kier alpha value is -1.81. The van der Waals surface area contributed by atoms with Crippen LogP contribution >= 0.6 is 15.9 Å². The van der Waals surface area contributed by atoms with Crippen molar-refractivity contribution in [2.24, 2.45) is 4.99 Å². The molecule has 0 saturated heterocycles. The van der Waals surface area contributed by atoms with Crippen molar-refractivity contribution in [2.45, 2.75) is 20.3 Å². The summed E-state index contributed by atoms with van der Waals surface area (Å²) in [5.74, 6) is 1.44. The van der Waals surface area contributed by atoms with E-state index >= 15 is 0 Å². The number of hydrogen-bond acceptors (Lipinski definition) is 3. The van der Waals surface area contributed by atoms with Crippen LogP contribution in [0.5, 0.6) is 11.5 Å². The highest BCUT2D eigenvalue weighted by Crippen LogP contribution is 2.36. The van der Waals surface area contributed by atoms with Gasteiger partial charge >= 0.3 is 0 Å². The fourth-order valence-electron chi connectivity index (χ4n) is 2.01. The first-order valence-electron chi connectivity index (χ1n) is 7.25. The number of halogens is 1. The summed E-state index contributed by atoms with van der Waals surface area (Å²) in [5.41, 5.74) is 3.06. The van der Waals surface area contributed by atoms with Crippen LogP contribution < -0.4 is 9.47 Å². The summed E-state index contributed by atoms with van der Waals surface area (Å²) in [6.45, 7) is 4.78. The fourth-order valence-corrected chi connectivity index (χ4v) is 2.59. The van der Waals surface area contributed by atoms with Gasteiger partial charge in [-0.25, -0.2) is 0 Å². The van der Waals surface area contributed by atoms with Crippen molar-refractivity contribution >= 4 is 27.8 Å². The number of aryl methyl sites for hydroxylation is 1. The Balaban J connectivity index is 2.29. The molecule has 3 nitrogen and oxygen atoms in total. The van der Waals surface area contributed by atoms with Gasteiger partial charge in [0.2, 0.25) is 0 Å². The van der Waals surface area contributed by atoms with Crippen LogP contribution in [0.1, 0.15) is 24.5 Å². The van der Waals surface area contributed by atoms with E-state index in [1.807, 2.05) is 49.5 Å². The number of hydrogen-bond donors (Lipinski definition) is 0. The van der Waals surface area contributed by atoms with Crippen molar-refractivity contribution in [3.8, 4) is 11.5 Å². The topological polar surface area (TPSA) is 30.8 Å². The molecule has 0 bridgehead atoms. The second kappa shape index (κ2) is 7.99. The quantitative estimate of drug-likeness (QED) is 0.653. The molecule has 0 heterocycles. The smallest absolute Gasteiger partial charge is 0.175 e. The minimum Gasteiger partial charge on any atom is -0.493 e. The molecule has 0 aliphatic heterocycles. The molecule has 22 heavy (non-hydrogen) atoms. The third-order valence-electron chi connectivity index (χ3n) is 3.17. The SMILES string of the molecule is CCCOc1c(Br)cc(C=Nc2ccccc2C)cc1OC. The van der Waals surface area contributed by atoms with Crippen LogP contribution in [-0.4, -0.2) is 19.9 Å². The Morgan fingerprint density at radius 2 is 2.00 bits per heavy atom. The van der Waals surface area contributed by atoms with Gasteiger partial charge in [0.25, 0.3) is 0 Å². The van der Waals surface area contributed by atoms with Crippen molar-refractivity contribution in [1.29, 1.82) is 0 Å². The van der Waals surface area contributed by atoms with Gasteiger partial charge in [-0.3, -0.25) is 4.99 Å². The zero-order chi connectivity index (χ0) is 15.9. The fraction of sp³-hybridized carbons (Fsp3) is 0.278.